The minimum atomic E-state index is -3.44. The largest absolute Gasteiger partial charge is 0.487 e. The third-order valence-corrected chi connectivity index (χ3v) is 4.47. The molecule has 0 aliphatic carbocycles. The number of halogens is 1. The second-order valence-corrected chi connectivity index (χ2v) is 7.91. The second kappa shape index (κ2) is 7.81. The number of hydrogen-bond donors (Lipinski definition) is 2. The summed E-state index contributed by atoms with van der Waals surface area (Å²) in [6.45, 7) is 0.235. The van der Waals surface area contributed by atoms with Gasteiger partial charge in [0.25, 0.3) is 0 Å². The second-order valence-electron chi connectivity index (χ2n) is 5.05. The molecule has 2 aromatic carbocycles. The highest BCUT2D eigenvalue weighted by Gasteiger charge is 2.13. The lowest BCUT2D eigenvalue weighted by molar-refractivity contribution is 0.297. The van der Waals surface area contributed by atoms with Gasteiger partial charge in [0.2, 0.25) is 10.0 Å². The number of hydrogen-bond acceptors (Lipinski definition) is 4. The number of anilines is 1. The van der Waals surface area contributed by atoms with Gasteiger partial charge in [-0.2, -0.15) is 0 Å². The molecule has 2 N–H and O–H groups in total. The van der Waals surface area contributed by atoms with Gasteiger partial charge in [0, 0.05) is 0 Å². The summed E-state index contributed by atoms with van der Waals surface area (Å²) in [6, 6.07) is 14.7. The van der Waals surface area contributed by atoms with E-state index in [0.29, 0.717) is 18.0 Å². The van der Waals surface area contributed by atoms with Crippen LogP contribution < -0.4 is 9.46 Å². The van der Waals surface area contributed by atoms with Crippen LogP contribution >= 0.6 is 15.9 Å². The Morgan fingerprint density at radius 1 is 1.22 bits per heavy atom. The van der Waals surface area contributed by atoms with Crippen LogP contribution in [0.25, 0.3) is 0 Å². The number of rotatable bonds is 7. The zero-order chi connectivity index (χ0) is 16.9. The summed E-state index contributed by atoms with van der Waals surface area (Å²) < 4.78 is 31.3. The maximum absolute atomic E-state index is 11.6. The fourth-order valence-electron chi connectivity index (χ4n) is 1.99. The SMILES string of the molecule is CS(=O)(=O)Nc1cc([C@@H](Br)CO)ccc1OCc1ccccc1. The molecular formula is C16H18BrNO4S. The molecule has 0 saturated heterocycles. The molecule has 2 rings (SSSR count). The molecule has 0 heterocycles. The van der Waals surface area contributed by atoms with Crippen molar-refractivity contribution in [2.75, 3.05) is 17.6 Å². The van der Waals surface area contributed by atoms with Crippen molar-refractivity contribution in [3.63, 3.8) is 0 Å². The molecule has 5 nitrogen and oxygen atoms in total. The number of nitrogens with one attached hydrogen (secondary N) is 1. The molecule has 7 heteroatoms. The lowest BCUT2D eigenvalue weighted by Gasteiger charge is -2.15. The number of sulfonamides is 1. The van der Waals surface area contributed by atoms with Crippen molar-refractivity contribution < 1.29 is 18.3 Å². The Balaban J connectivity index is 2.26. The first kappa shape index (κ1) is 17.8. The van der Waals surface area contributed by atoms with E-state index in [4.69, 9.17) is 4.74 Å². The lowest BCUT2D eigenvalue weighted by atomic mass is 10.1. The van der Waals surface area contributed by atoms with Crippen LogP contribution in [0, 0.1) is 0 Å². The van der Waals surface area contributed by atoms with Gasteiger partial charge in [0.1, 0.15) is 12.4 Å². The van der Waals surface area contributed by atoms with Crippen molar-refractivity contribution in [2.24, 2.45) is 0 Å². The fraction of sp³-hybridized carbons (Fsp3) is 0.250. The number of benzene rings is 2. The summed E-state index contributed by atoms with van der Waals surface area (Å²) in [6.07, 6.45) is 1.08. The Bertz CT molecular complexity index is 750. The van der Waals surface area contributed by atoms with Gasteiger partial charge in [-0.05, 0) is 23.3 Å². The van der Waals surface area contributed by atoms with Crippen molar-refractivity contribution in [2.45, 2.75) is 11.4 Å². The summed E-state index contributed by atoms with van der Waals surface area (Å²) in [5.74, 6) is 0.431. The Hall–Kier alpha value is -1.57. The quantitative estimate of drug-likeness (QED) is 0.701. The van der Waals surface area contributed by atoms with Crippen molar-refractivity contribution in [1.29, 1.82) is 0 Å². The predicted octanol–water partition coefficient (Wildman–Crippen LogP) is 3.07. The summed E-state index contributed by atoms with van der Waals surface area (Å²) >= 11 is 3.33. The third-order valence-electron chi connectivity index (χ3n) is 3.06. The van der Waals surface area contributed by atoms with E-state index < -0.39 is 10.0 Å². The highest BCUT2D eigenvalue weighted by Crippen LogP contribution is 2.32. The summed E-state index contributed by atoms with van der Waals surface area (Å²) in [5, 5.41) is 9.22. The molecule has 0 bridgehead atoms. The molecule has 0 aliphatic rings. The summed E-state index contributed by atoms with van der Waals surface area (Å²) in [4.78, 5) is -0.272. The van der Waals surface area contributed by atoms with Crippen molar-refractivity contribution in [3.05, 3.63) is 59.7 Å². The highest BCUT2D eigenvalue weighted by molar-refractivity contribution is 9.09. The van der Waals surface area contributed by atoms with Gasteiger partial charge in [-0.15, -0.1) is 0 Å². The Morgan fingerprint density at radius 3 is 2.52 bits per heavy atom. The Morgan fingerprint density at radius 2 is 1.91 bits per heavy atom. The first-order chi connectivity index (χ1) is 10.9. The summed E-state index contributed by atoms with van der Waals surface area (Å²) in [7, 11) is -3.44. The molecular weight excluding hydrogens is 382 g/mol. The Labute approximate surface area is 144 Å². The van der Waals surface area contributed by atoms with Crippen LogP contribution in [0.5, 0.6) is 5.75 Å². The molecule has 0 spiro atoms. The molecule has 1 atom stereocenters. The Kier molecular flexibility index (Phi) is 6.04. The third kappa shape index (κ3) is 5.53. The molecule has 0 radical (unpaired) electrons. The summed E-state index contributed by atoms with van der Waals surface area (Å²) in [5.41, 5.74) is 2.08. The minimum absolute atomic E-state index is 0.0947. The van der Waals surface area contributed by atoms with Crippen LogP contribution in [0.4, 0.5) is 5.69 Å². The maximum Gasteiger partial charge on any atom is 0.229 e. The van der Waals surface area contributed by atoms with E-state index in [-0.39, 0.29) is 11.4 Å². The van der Waals surface area contributed by atoms with E-state index in [0.717, 1.165) is 17.4 Å². The van der Waals surface area contributed by atoms with E-state index in [9.17, 15) is 13.5 Å². The highest BCUT2D eigenvalue weighted by atomic mass is 79.9. The van der Waals surface area contributed by atoms with Crippen LogP contribution in [0.2, 0.25) is 0 Å². The van der Waals surface area contributed by atoms with Gasteiger partial charge >= 0.3 is 0 Å². The molecule has 0 aromatic heterocycles. The van der Waals surface area contributed by atoms with Crippen LogP contribution in [-0.2, 0) is 16.6 Å². The van der Waals surface area contributed by atoms with Gasteiger partial charge in [-0.1, -0.05) is 52.3 Å². The smallest absolute Gasteiger partial charge is 0.229 e. The van der Waals surface area contributed by atoms with E-state index in [1.54, 1.807) is 18.2 Å². The number of aliphatic hydroxyl groups excluding tert-OH is 1. The van der Waals surface area contributed by atoms with Gasteiger partial charge in [-0.3, -0.25) is 4.72 Å². The van der Waals surface area contributed by atoms with Crippen molar-refractivity contribution >= 4 is 31.6 Å². The van der Waals surface area contributed by atoms with Gasteiger partial charge < -0.3 is 9.84 Å². The molecule has 0 amide bonds. The average Bonchev–Trinajstić information content (AvgIpc) is 2.52. The first-order valence-corrected chi connectivity index (χ1v) is 9.73. The number of ether oxygens (including phenoxy) is 1. The molecule has 124 valence electrons. The number of alkyl halides is 1. The van der Waals surface area contributed by atoms with Gasteiger partial charge in [0.05, 0.1) is 23.4 Å². The molecule has 0 saturated carbocycles. The van der Waals surface area contributed by atoms with E-state index in [1.165, 1.54) is 0 Å². The number of aliphatic hydroxyl groups is 1. The molecule has 0 unspecified atom stereocenters. The van der Waals surface area contributed by atoms with Crippen LogP contribution in [0.15, 0.2) is 48.5 Å². The standard InChI is InChI=1S/C16H18BrNO4S/c1-23(20,21)18-15-9-13(14(17)10-19)7-8-16(15)22-11-12-5-3-2-4-6-12/h2-9,14,18-19H,10-11H2,1H3/t14-/m0/s1. The fourth-order valence-corrected chi connectivity index (χ4v) is 2.83. The van der Waals surface area contributed by atoms with Crippen molar-refractivity contribution in [3.8, 4) is 5.75 Å². The zero-order valence-corrected chi connectivity index (χ0v) is 15.0. The van der Waals surface area contributed by atoms with Gasteiger partial charge in [0.15, 0.2) is 0 Å². The first-order valence-electron chi connectivity index (χ1n) is 6.92. The predicted molar refractivity (Wildman–Crippen MR) is 94.4 cm³/mol. The van der Waals surface area contributed by atoms with E-state index in [1.807, 2.05) is 30.3 Å². The maximum atomic E-state index is 11.6. The lowest BCUT2D eigenvalue weighted by Crippen LogP contribution is -2.11. The van der Waals surface area contributed by atoms with Crippen LogP contribution in [0.3, 0.4) is 0 Å². The molecule has 2 aromatic rings. The molecule has 0 fully saturated rings. The molecule has 0 aliphatic heterocycles. The molecule has 23 heavy (non-hydrogen) atoms. The van der Waals surface area contributed by atoms with E-state index >= 15 is 0 Å². The van der Waals surface area contributed by atoms with Crippen LogP contribution in [-0.4, -0.2) is 26.4 Å². The normalized spacial score (nSPS) is 12.7. The monoisotopic (exact) mass is 399 g/mol. The van der Waals surface area contributed by atoms with Crippen LogP contribution in [0.1, 0.15) is 16.0 Å². The van der Waals surface area contributed by atoms with E-state index in [2.05, 4.69) is 20.7 Å². The van der Waals surface area contributed by atoms with Crippen molar-refractivity contribution in [1.82, 2.24) is 0 Å². The van der Waals surface area contributed by atoms with Gasteiger partial charge in [-0.25, -0.2) is 8.42 Å². The topological polar surface area (TPSA) is 75.6 Å². The zero-order valence-electron chi connectivity index (χ0n) is 12.6. The average molecular weight is 400 g/mol. The minimum Gasteiger partial charge on any atom is -0.487 e.